The largest absolute Gasteiger partial charge is 0.370 e. The number of aromatic nitrogens is 2. The molecule has 2 aromatic rings. The molecule has 4 rings (SSSR count). The number of ether oxygens (including phenoxy) is 1. The maximum Gasteiger partial charge on any atom is 0.276 e. The van der Waals surface area contributed by atoms with Crippen LogP contribution in [0, 0.1) is 0 Å². The molecule has 6 heteroatoms. The Labute approximate surface area is 147 Å². The number of amides is 1. The zero-order valence-electron chi connectivity index (χ0n) is 14.3. The SMILES string of the molecule is O=C(c1noc2c1CCCC2)N1CCCC(OCc2ccccn2)C1. The third-order valence-corrected chi connectivity index (χ3v) is 5.01. The molecule has 3 heterocycles. The van der Waals surface area contributed by atoms with Gasteiger partial charge in [-0.3, -0.25) is 9.78 Å². The molecule has 6 nitrogen and oxygen atoms in total. The summed E-state index contributed by atoms with van der Waals surface area (Å²) in [7, 11) is 0. The van der Waals surface area contributed by atoms with Crippen molar-refractivity contribution in [2.45, 2.75) is 51.2 Å². The summed E-state index contributed by atoms with van der Waals surface area (Å²) in [4.78, 5) is 19.0. The van der Waals surface area contributed by atoms with Gasteiger partial charge < -0.3 is 14.2 Å². The van der Waals surface area contributed by atoms with E-state index < -0.39 is 0 Å². The van der Waals surface area contributed by atoms with E-state index in [-0.39, 0.29) is 12.0 Å². The van der Waals surface area contributed by atoms with Gasteiger partial charge in [0.15, 0.2) is 5.69 Å². The van der Waals surface area contributed by atoms with Crippen LogP contribution in [0.2, 0.25) is 0 Å². The molecule has 1 unspecified atom stereocenters. The third kappa shape index (κ3) is 3.58. The first-order valence-electron chi connectivity index (χ1n) is 9.09. The van der Waals surface area contributed by atoms with Crippen LogP contribution in [0.4, 0.5) is 0 Å². The van der Waals surface area contributed by atoms with Crippen molar-refractivity contribution in [2.24, 2.45) is 0 Å². The van der Waals surface area contributed by atoms with Gasteiger partial charge in [0.25, 0.3) is 5.91 Å². The lowest BCUT2D eigenvalue weighted by Gasteiger charge is -2.32. The van der Waals surface area contributed by atoms with Gasteiger partial charge in [0.05, 0.1) is 18.4 Å². The molecule has 1 fully saturated rings. The minimum Gasteiger partial charge on any atom is -0.370 e. The fraction of sp³-hybridized carbons (Fsp3) is 0.526. The van der Waals surface area contributed by atoms with E-state index in [2.05, 4.69) is 10.1 Å². The molecule has 1 atom stereocenters. The Bertz CT molecular complexity index is 729. The van der Waals surface area contributed by atoms with Crippen LogP contribution < -0.4 is 0 Å². The van der Waals surface area contributed by atoms with E-state index in [0.717, 1.165) is 62.1 Å². The lowest BCUT2D eigenvalue weighted by atomic mass is 9.96. The minimum atomic E-state index is -0.0157. The molecule has 0 saturated carbocycles. The smallest absolute Gasteiger partial charge is 0.276 e. The molecule has 132 valence electrons. The first-order valence-corrected chi connectivity index (χ1v) is 9.09. The minimum absolute atomic E-state index is 0.0157. The second-order valence-electron chi connectivity index (χ2n) is 6.79. The summed E-state index contributed by atoms with van der Waals surface area (Å²) in [5.74, 6) is 0.882. The first kappa shape index (κ1) is 16.3. The molecule has 1 aliphatic heterocycles. The number of rotatable bonds is 4. The average molecular weight is 341 g/mol. The van der Waals surface area contributed by atoms with Crippen molar-refractivity contribution in [3.05, 3.63) is 47.1 Å². The first-order chi connectivity index (χ1) is 12.3. The summed E-state index contributed by atoms with van der Waals surface area (Å²) in [5, 5.41) is 4.07. The van der Waals surface area contributed by atoms with E-state index in [1.54, 1.807) is 6.20 Å². The molecule has 2 aromatic heterocycles. The molecule has 2 aliphatic rings. The Kier molecular flexibility index (Phi) is 4.78. The van der Waals surface area contributed by atoms with Crippen LogP contribution in [-0.4, -0.2) is 40.1 Å². The second-order valence-corrected chi connectivity index (χ2v) is 6.79. The monoisotopic (exact) mass is 341 g/mol. The number of aryl methyl sites for hydroxylation is 1. The average Bonchev–Trinajstić information content (AvgIpc) is 3.11. The molecule has 0 radical (unpaired) electrons. The van der Waals surface area contributed by atoms with Gasteiger partial charge in [0.1, 0.15) is 5.76 Å². The Hall–Kier alpha value is -2.21. The zero-order chi connectivity index (χ0) is 17.1. The van der Waals surface area contributed by atoms with Gasteiger partial charge in [-0.1, -0.05) is 11.2 Å². The lowest BCUT2D eigenvalue weighted by Crippen LogP contribution is -2.43. The highest BCUT2D eigenvalue weighted by Gasteiger charge is 2.30. The van der Waals surface area contributed by atoms with E-state index in [4.69, 9.17) is 9.26 Å². The number of fused-ring (bicyclic) bond motifs is 1. The van der Waals surface area contributed by atoms with Crippen LogP contribution >= 0.6 is 0 Å². The van der Waals surface area contributed by atoms with Crippen LogP contribution in [0.15, 0.2) is 28.9 Å². The maximum atomic E-state index is 12.9. The van der Waals surface area contributed by atoms with Gasteiger partial charge in [0.2, 0.25) is 0 Å². The highest BCUT2D eigenvalue weighted by molar-refractivity contribution is 5.94. The van der Waals surface area contributed by atoms with Crippen molar-refractivity contribution in [3.8, 4) is 0 Å². The quantitative estimate of drug-likeness (QED) is 0.855. The van der Waals surface area contributed by atoms with Crippen LogP contribution in [0.3, 0.4) is 0 Å². The van der Waals surface area contributed by atoms with Gasteiger partial charge in [-0.2, -0.15) is 0 Å². The summed E-state index contributed by atoms with van der Waals surface area (Å²) >= 11 is 0. The predicted octanol–water partition coefficient (Wildman–Crippen LogP) is 2.77. The summed E-state index contributed by atoms with van der Waals surface area (Å²) in [6.07, 6.45) is 7.73. The molecular formula is C19H23N3O3. The van der Waals surface area contributed by atoms with E-state index in [9.17, 15) is 4.79 Å². The van der Waals surface area contributed by atoms with Crippen molar-refractivity contribution >= 4 is 5.91 Å². The van der Waals surface area contributed by atoms with Crippen molar-refractivity contribution in [3.63, 3.8) is 0 Å². The van der Waals surface area contributed by atoms with Crippen LogP contribution in [0.5, 0.6) is 0 Å². The standard InChI is InChI=1S/C19H23N3O3/c23-19(18-16-8-1-2-9-17(16)25-21-18)22-11-5-7-15(12-22)24-13-14-6-3-4-10-20-14/h3-4,6,10,15H,1-2,5,7-9,11-13H2. The Morgan fingerprint density at radius 1 is 1.28 bits per heavy atom. The summed E-state index contributed by atoms with van der Waals surface area (Å²) in [6.45, 7) is 1.84. The fourth-order valence-electron chi connectivity index (χ4n) is 3.65. The van der Waals surface area contributed by atoms with Gasteiger partial charge in [0, 0.05) is 31.3 Å². The number of nitrogens with zero attached hydrogens (tertiary/aromatic N) is 3. The number of likely N-dealkylation sites (tertiary alicyclic amines) is 1. The van der Waals surface area contributed by atoms with Gasteiger partial charge in [-0.15, -0.1) is 0 Å². The second kappa shape index (κ2) is 7.35. The number of hydrogen-bond donors (Lipinski definition) is 0. The zero-order valence-corrected chi connectivity index (χ0v) is 14.3. The number of pyridine rings is 1. The molecule has 0 N–H and O–H groups in total. The van der Waals surface area contributed by atoms with Gasteiger partial charge in [-0.05, 0) is 44.2 Å². The lowest BCUT2D eigenvalue weighted by molar-refractivity contribution is -0.00813. The summed E-state index contributed by atoms with van der Waals surface area (Å²) < 4.78 is 11.4. The van der Waals surface area contributed by atoms with Crippen LogP contribution in [0.25, 0.3) is 0 Å². The maximum absolute atomic E-state index is 12.9. The normalized spacial score (nSPS) is 20.3. The Morgan fingerprint density at radius 2 is 2.20 bits per heavy atom. The summed E-state index contributed by atoms with van der Waals surface area (Å²) in [6, 6.07) is 5.80. The molecule has 1 saturated heterocycles. The van der Waals surface area contributed by atoms with Crippen molar-refractivity contribution < 1.29 is 14.1 Å². The Morgan fingerprint density at radius 3 is 3.08 bits per heavy atom. The van der Waals surface area contributed by atoms with Crippen molar-refractivity contribution in [1.29, 1.82) is 0 Å². The number of carbonyl (C=O) groups is 1. The van der Waals surface area contributed by atoms with Crippen molar-refractivity contribution in [2.75, 3.05) is 13.1 Å². The molecule has 0 spiro atoms. The number of carbonyl (C=O) groups excluding carboxylic acids is 1. The molecule has 0 aromatic carbocycles. The topological polar surface area (TPSA) is 68.5 Å². The molecule has 0 bridgehead atoms. The van der Waals surface area contributed by atoms with E-state index in [1.165, 1.54) is 0 Å². The predicted molar refractivity (Wildman–Crippen MR) is 91.1 cm³/mol. The van der Waals surface area contributed by atoms with E-state index >= 15 is 0 Å². The number of hydrogen-bond acceptors (Lipinski definition) is 5. The molecule has 1 aliphatic carbocycles. The molecular weight excluding hydrogens is 318 g/mol. The van der Waals surface area contributed by atoms with Crippen LogP contribution in [0.1, 0.15) is 53.2 Å². The third-order valence-electron chi connectivity index (χ3n) is 5.01. The molecule has 25 heavy (non-hydrogen) atoms. The van der Waals surface area contributed by atoms with Gasteiger partial charge in [-0.25, -0.2) is 0 Å². The number of piperidine rings is 1. The highest BCUT2D eigenvalue weighted by Crippen LogP contribution is 2.26. The van der Waals surface area contributed by atoms with Gasteiger partial charge >= 0.3 is 0 Å². The van der Waals surface area contributed by atoms with E-state index in [1.807, 2.05) is 23.1 Å². The van der Waals surface area contributed by atoms with Crippen LogP contribution in [-0.2, 0) is 24.2 Å². The summed E-state index contributed by atoms with van der Waals surface area (Å²) in [5.41, 5.74) is 2.45. The van der Waals surface area contributed by atoms with Crippen molar-refractivity contribution in [1.82, 2.24) is 15.0 Å². The Balaban J connectivity index is 1.39. The molecule has 1 amide bonds. The highest BCUT2D eigenvalue weighted by atomic mass is 16.5. The van der Waals surface area contributed by atoms with E-state index in [0.29, 0.717) is 18.8 Å². The fourth-order valence-corrected chi connectivity index (χ4v) is 3.65.